The summed E-state index contributed by atoms with van der Waals surface area (Å²) in [6.45, 7) is 1.74. The van der Waals surface area contributed by atoms with E-state index in [0.29, 0.717) is 5.56 Å². The van der Waals surface area contributed by atoms with Crippen LogP contribution < -0.4 is 0 Å². The average molecular weight is 233 g/mol. The molecule has 1 N–H and O–H groups in total. The standard InChI is InChI=1S/C13H15NO3/c1-14-7-6-11(8-14)12(15)9-2-4-10(5-3-9)13(16)17/h2-5,11H,6-8H2,1H3,(H,16,17). The van der Waals surface area contributed by atoms with Gasteiger partial charge < -0.3 is 10.0 Å². The summed E-state index contributed by atoms with van der Waals surface area (Å²) in [6, 6.07) is 6.16. The van der Waals surface area contributed by atoms with Crippen molar-refractivity contribution in [2.24, 2.45) is 5.92 Å². The first-order chi connectivity index (χ1) is 8.08. The third-order valence-corrected chi connectivity index (χ3v) is 3.18. The zero-order valence-corrected chi connectivity index (χ0v) is 9.72. The summed E-state index contributed by atoms with van der Waals surface area (Å²) in [7, 11) is 2.00. The number of carbonyl (C=O) groups is 2. The van der Waals surface area contributed by atoms with Crippen LogP contribution in [-0.2, 0) is 0 Å². The molecule has 4 nitrogen and oxygen atoms in total. The van der Waals surface area contributed by atoms with Gasteiger partial charge in [-0.25, -0.2) is 4.79 Å². The number of ketones is 1. The van der Waals surface area contributed by atoms with Crippen molar-refractivity contribution in [2.75, 3.05) is 20.1 Å². The molecule has 1 aromatic carbocycles. The van der Waals surface area contributed by atoms with Gasteiger partial charge in [0, 0.05) is 18.0 Å². The van der Waals surface area contributed by atoms with Crippen LogP contribution in [0.25, 0.3) is 0 Å². The van der Waals surface area contributed by atoms with E-state index in [2.05, 4.69) is 4.90 Å². The number of likely N-dealkylation sites (tertiary alicyclic amines) is 1. The maximum absolute atomic E-state index is 12.1. The molecule has 1 aromatic rings. The van der Waals surface area contributed by atoms with Crippen molar-refractivity contribution in [3.8, 4) is 0 Å². The Morgan fingerprint density at radius 3 is 2.29 bits per heavy atom. The minimum Gasteiger partial charge on any atom is -0.478 e. The second-order valence-corrected chi connectivity index (χ2v) is 4.49. The van der Waals surface area contributed by atoms with E-state index in [-0.39, 0.29) is 17.3 Å². The molecular weight excluding hydrogens is 218 g/mol. The fourth-order valence-corrected chi connectivity index (χ4v) is 2.16. The van der Waals surface area contributed by atoms with Crippen LogP contribution >= 0.6 is 0 Å². The molecule has 1 fully saturated rings. The fourth-order valence-electron chi connectivity index (χ4n) is 2.16. The number of benzene rings is 1. The van der Waals surface area contributed by atoms with Gasteiger partial charge in [-0.3, -0.25) is 4.79 Å². The van der Waals surface area contributed by atoms with Crippen LogP contribution in [0.1, 0.15) is 27.1 Å². The van der Waals surface area contributed by atoms with E-state index in [1.54, 1.807) is 12.1 Å². The van der Waals surface area contributed by atoms with Crippen molar-refractivity contribution in [1.82, 2.24) is 4.90 Å². The van der Waals surface area contributed by atoms with E-state index in [1.807, 2.05) is 7.05 Å². The lowest BCUT2D eigenvalue weighted by molar-refractivity contribution is 0.0696. The summed E-state index contributed by atoms with van der Waals surface area (Å²) in [5, 5.41) is 8.77. The minimum atomic E-state index is -0.968. The quantitative estimate of drug-likeness (QED) is 0.804. The molecule has 1 saturated heterocycles. The first kappa shape index (κ1) is 11.8. The zero-order chi connectivity index (χ0) is 12.4. The Hall–Kier alpha value is -1.68. The molecule has 1 atom stereocenters. The second-order valence-electron chi connectivity index (χ2n) is 4.49. The van der Waals surface area contributed by atoms with Crippen molar-refractivity contribution in [1.29, 1.82) is 0 Å². The van der Waals surface area contributed by atoms with Gasteiger partial charge in [0.05, 0.1) is 5.56 Å². The number of nitrogens with zero attached hydrogens (tertiary/aromatic N) is 1. The zero-order valence-electron chi connectivity index (χ0n) is 9.72. The molecule has 1 aliphatic rings. The summed E-state index contributed by atoms with van der Waals surface area (Å²) in [5.41, 5.74) is 0.820. The maximum atomic E-state index is 12.1. The largest absolute Gasteiger partial charge is 0.478 e. The van der Waals surface area contributed by atoms with Gasteiger partial charge in [0.1, 0.15) is 0 Å². The molecule has 0 spiro atoms. The molecule has 1 unspecified atom stereocenters. The monoisotopic (exact) mass is 233 g/mol. The van der Waals surface area contributed by atoms with Crippen LogP contribution in [0, 0.1) is 5.92 Å². The Bertz CT molecular complexity index is 438. The molecule has 0 aliphatic carbocycles. The van der Waals surface area contributed by atoms with Crippen LogP contribution in [0.5, 0.6) is 0 Å². The van der Waals surface area contributed by atoms with E-state index in [4.69, 9.17) is 5.11 Å². The predicted octanol–water partition coefficient (Wildman–Crippen LogP) is 1.52. The predicted molar refractivity (Wildman–Crippen MR) is 63.3 cm³/mol. The lowest BCUT2D eigenvalue weighted by Crippen LogP contribution is -2.19. The molecule has 1 aliphatic heterocycles. The summed E-state index contributed by atoms with van der Waals surface area (Å²) in [5.74, 6) is -0.799. The summed E-state index contributed by atoms with van der Waals surface area (Å²) in [4.78, 5) is 24.9. The van der Waals surface area contributed by atoms with Crippen LogP contribution in [0.15, 0.2) is 24.3 Å². The summed E-state index contributed by atoms with van der Waals surface area (Å²) in [6.07, 6.45) is 0.885. The summed E-state index contributed by atoms with van der Waals surface area (Å²) >= 11 is 0. The Labute approximate surface area is 99.9 Å². The van der Waals surface area contributed by atoms with Gasteiger partial charge in [0.25, 0.3) is 0 Å². The van der Waals surface area contributed by atoms with Gasteiger partial charge in [0.15, 0.2) is 5.78 Å². The second kappa shape index (κ2) is 4.67. The Morgan fingerprint density at radius 1 is 1.24 bits per heavy atom. The molecule has 0 bridgehead atoms. The Balaban J connectivity index is 2.12. The topological polar surface area (TPSA) is 57.6 Å². The normalized spacial score (nSPS) is 20.4. The fraction of sp³-hybridized carbons (Fsp3) is 0.385. The number of carboxylic acids is 1. The van der Waals surface area contributed by atoms with Gasteiger partial charge in [-0.2, -0.15) is 0 Å². The highest BCUT2D eigenvalue weighted by atomic mass is 16.4. The van der Waals surface area contributed by atoms with E-state index < -0.39 is 5.97 Å². The van der Waals surface area contributed by atoms with Gasteiger partial charge in [-0.05, 0) is 32.1 Å². The Morgan fingerprint density at radius 2 is 1.82 bits per heavy atom. The van der Waals surface area contributed by atoms with Gasteiger partial charge in [-0.15, -0.1) is 0 Å². The molecule has 4 heteroatoms. The molecule has 17 heavy (non-hydrogen) atoms. The van der Waals surface area contributed by atoms with Crippen LogP contribution in [0.3, 0.4) is 0 Å². The van der Waals surface area contributed by atoms with Gasteiger partial charge in [-0.1, -0.05) is 12.1 Å². The van der Waals surface area contributed by atoms with Crippen molar-refractivity contribution in [3.05, 3.63) is 35.4 Å². The highest BCUT2D eigenvalue weighted by Gasteiger charge is 2.26. The average Bonchev–Trinajstić information content (AvgIpc) is 2.75. The Kier molecular flexibility index (Phi) is 3.24. The smallest absolute Gasteiger partial charge is 0.335 e. The van der Waals surface area contributed by atoms with Gasteiger partial charge in [0.2, 0.25) is 0 Å². The SMILES string of the molecule is CN1CCC(C(=O)c2ccc(C(=O)O)cc2)C1. The number of hydrogen-bond donors (Lipinski definition) is 1. The number of carbonyl (C=O) groups excluding carboxylic acids is 1. The van der Waals surface area contributed by atoms with E-state index in [0.717, 1.165) is 19.5 Å². The first-order valence-electron chi connectivity index (χ1n) is 5.64. The molecule has 0 radical (unpaired) electrons. The molecular formula is C13H15NO3. The van der Waals surface area contributed by atoms with Crippen LogP contribution in [-0.4, -0.2) is 41.9 Å². The van der Waals surface area contributed by atoms with Gasteiger partial charge >= 0.3 is 5.97 Å². The number of rotatable bonds is 3. The third-order valence-electron chi connectivity index (χ3n) is 3.18. The van der Waals surface area contributed by atoms with E-state index in [1.165, 1.54) is 12.1 Å². The number of Topliss-reactive ketones (excluding diaryl/α,β-unsaturated/α-hetero) is 1. The van der Waals surface area contributed by atoms with Crippen molar-refractivity contribution in [3.63, 3.8) is 0 Å². The molecule has 90 valence electrons. The van der Waals surface area contributed by atoms with Crippen molar-refractivity contribution in [2.45, 2.75) is 6.42 Å². The lowest BCUT2D eigenvalue weighted by atomic mass is 9.96. The summed E-state index contributed by atoms with van der Waals surface area (Å²) < 4.78 is 0. The van der Waals surface area contributed by atoms with E-state index in [9.17, 15) is 9.59 Å². The number of carboxylic acid groups (broad SMARTS) is 1. The van der Waals surface area contributed by atoms with Crippen molar-refractivity contribution < 1.29 is 14.7 Å². The molecule has 0 saturated carbocycles. The number of hydrogen-bond acceptors (Lipinski definition) is 3. The maximum Gasteiger partial charge on any atom is 0.335 e. The minimum absolute atomic E-state index is 0.0516. The molecule has 0 amide bonds. The van der Waals surface area contributed by atoms with Crippen molar-refractivity contribution >= 4 is 11.8 Å². The first-order valence-corrected chi connectivity index (χ1v) is 5.64. The highest BCUT2D eigenvalue weighted by Crippen LogP contribution is 2.19. The molecule has 0 aromatic heterocycles. The lowest BCUT2D eigenvalue weighted by Gasteiger charge is -2.09. The van der Waals surface area contributed by atoms with Crippen LogP contribution in [0.2, 0.25) is 0 Å². The molecule has 2 rings (SSSR count). The third kappa shape index (κ3) is 2.53. The number of aromatic carboxylic acids is 1. The highest BCUT2D eigenvalue weighted by molar-refractivity contribution is 5.99. The molecule has 1 heterocycles. The van der Waals surface area contributed by atoms with E-state index >= 15 is 0 Å². The van der Waals surface area contributed by atoms with Crippen LogP contribution in [0.4, 0.5) is 0 Å².